The van der Waals surface area contributed by atoms with E-state index in [1.807, 2.05) is 0 Å². The monoisotopic (exact) mass is 200 g/mol. The second-order valence-electron chi connectivity index (χ2n) is 3.88. The molecule has 0 aromatic heterocycles. The number of rotatable bonds is 7. The first-order valence-corrected chi connectivity index (χ1v) is 5.90. The van der Waals surface area contributed by atoms with Crippen LogP contribution in [0.25, 0.3) is 0 Å². The van der Waals surface area contributed by atoms with Gasteiger partial charge in [0.1, 0.15) is 0 Å². The van der Waals surface area contributed by atoms with Gasteiger partial charge in [-0.1, -0.05) is 6.92 Å². The fraction of sp³-hybridized carbons (Fsp3) is 1.00. The van der Waals surface area contributed by atoms with Crippen molar-refractivity contribution in [3.8, 4) is 0 Å². The van der Waals surface area contributed by atoms with Crippen molar-refractivity contribution in [3.63, 3.8) is 0 Å². The summed E-state index contributed by atoms with van der Waals surface area (Å²) < 4.78 is 5.37. The Morgan fingerprint density at radius 2 is 2.29 bits per heavy atom. The van der Waals surface area contributed by atoms with Crippen LogP contribution in [0, 0.1) is 0 Å². The van der Waals surface area contributed by atoms with Crippen molar-refractivity contribution in [2.45, 2.75) is 32.7 Å². The van der Waals surface area contributed by atoms with E-state index in [9.17, 15) is 0 Å². The second kappa shape index (κ2) is 7.21. The molecule has 0 radical (unpaired) electrons. The molecule has 0 aromatic rings. The lowest BCUT2D eigenvalue weighted by molar-refractivity contribution is 0.112. The third kappa shape index (κ3) is 4.40. The third-order valence-corrected chi connectivity index (χ3v) is 2.84. The second-order valence-corrected chi connectivity index (χ2v) is 3.88. The Morgan fingerprint density at radius 1 is 1.43 bits per heavy atom. The van der Waals surface area contributed by atoms with E-state index in [1.54, 1.807) is 0 Å². The molecule has 0 amide bonds. The number of likely N-dealkylation sites (N-methyl/N-ethyl adjacent to an activating group) is 1. The number of nitrogens with zero attached hydrogens (tertiary/aromatic N) is 1. The van der Waals surface area contributed by atoms with Crippen molar-refractivity contribution in [2.75, 3.05) is 39.4 Å². The van der Waals surface area contributed by atoms with Gasteiger partial charge in [-0.05, 0) is 32.9 Å². The van der Waals surface area contributed by atoms with E-state index in [0.717, 1.165) is 32.3 Å². The first kappa shape index (κ1) is 12.0. The molecule has 0 unspecified atom stereocenters. The van der Waals surface area contributed by atoms with E-state index in [-0.39, 0.29) is 0 Å². The average molecular weight is 200 g/mol. The molecule has 1 atom stereocenters. The van der Waals surface area contributed by atoms with Crippen LogP contribution in [0.3, 0.4) is 0 Å². The summed E-state index contributed by atoms with van der Waals surface area (Å²) in [5, 5.41) is 3.53. The van der Waals surface area contributed by atoms with Crippen LogP contribution in [0.4, 0.5) is 0 Å². The molecule has 1 fully saturated rings. The van der Waals surface area contributed by atoms with Crippen molar-refractivity contribution in [3.05, 3.63) is 0 Å². The summed E-state index contributed by atoms with van der Waals surface area (Å²) in [5.41, 5.74) is 0. The van der Waals surface area contributed by atoms with Gasteiger partial charge >= 0.3 is 0 Å². The normalized spacial score (nSPS) is 22.1. The van der Waals surface area contributed by atoms with E-state index in [1.165, 1.54) is 25.9 Å². The Bertz CT molecular complexity index is 135. The number of nitrogens with one attached hydrogen (secondary N) is 1. The third-order valence-electron chi connectivity index (χ3n) is 2.84. The highest BCUT2D eigenvalue weighted by molar-refractivity contribution is 4.77. The summed E-state index contributed by atoms with van der Waals surface area (Å²) in [6, 6.07) is 0.719. The molecule has 3 heteroatoms. The fourth-order valence-electron chi connectivity index (χ4n) is 1.94. The minimum absolute atomic E-state index is 0.719. The quantitative estimate of drug-likeness (QED) is 0.623. The van der Waals surface area contributed by atoms with Gasteiger partial charge in [0.15, 0.2) is 0 Å². The summed E-state index contributed by atoms with van der Waals surface area (Å²) in [6.45, 7) is 10.6. The highest BCUT2D eigenvalue weighted by atomic mass is 16.5. The highest BCUT2D eigenvalue weighted by Crippen LogP contribution is 2.06. The van der Waals surface area contributed by atoms with Crippen LogP contribution in [0.1, 0.15) is 26.7 Å². The molecule has 0 aliphatic carbocycles. The molecule has 1 heterocycles. The van der Waals surface area contributed by atoms with Crippen LogP contribution >= 0.6 is 0 Å². The Kier molecular flexibility index (Phi) is 6.15. The molecule has 0 aromatic carbocycles. The van der Waals surface area contributed by atoms with E-state index in [0.29, 0.717) is 0 Å². The smallest absolute Gasteiger partial charge is 0.0593 e. The summed E-state index contributed by atoms with van der Waals surface area (Å²) in [5.74, 6) is 0. The predicted molar refractivity (Wildman–Crippen MR) is 59.6 cm³/mol. The maximum absolute atomic E-state index is 5.37. The number of hydrogen-bond acceptors (Lipinski definition) is 3. The van der Waals surface area contributed by atoms with Gasteiger partial charge in [-0.3, -0.25) is 4.90 Å². The molecule has 1 saturated heterocycles. The van der Waals surface area contributed by atoms with E-state index in [2.05, 4.69) is 24.1 Å². The van der Waals surface area contributed by atoms with Gasteiger partial charge in [0.2, 0.25) is 0 Å². The van der Waals surface area contributed by atoms with Crippen LogP contribution in [0.15, 0.2) is 0 Å². The Labute approximate surface area is 87.8 Å². The Balaban J connectivity index is 2.10. The first-order chi connectivity index (χ1) is 6.86. The molecule has 0 bridgehead atoms. The molecule has 1 rings (SSSR count). The Hall–Kier alpha value is -0.120. The van der Waals surface area contributed by atoms with Gasteiger partial charge in [-0.25, -0.2) is 0 Å². The molecule has 84 valence electrons. The minimum Gasteiger partial charge on any atom is -0.380 e. The Morgan fingerprint density at radius 3 is 2.86 bits per heavy atom. The summed E-state index contributed by atoms with van der Waals surface area (Å²) in [4.78, 5) is 2.47. The van der Waals surface area contributed by atoms with Crippen molar-refractivity contribution in [1.29, 1.82) is 0 Å². The lowest BCUT2D eigenvalue weighted by Crippen LogP contribution is -2.39. The summed E-state index contributed by atoms with van der Waals surface area (Å²) in [6.07, 6.45) is 2.68. The molecule has 1 aliphatic heterocycles. The average Bonchev–Trinajstić information content (AvgIpc) is 2.69. The van der Waals surface area contributed by atoms with E-state index < -0.39 is 0 Å². The zero-order valence-electron chi connectivity index (χ0n) is 9.59. The van der Waals surface area contributed by atoms with Crippen LogP contribution in [0.2, 0.25) is 0 Å². The van der Waals surface area contributed by atoms with Crippen molar-refractivity contribution in [1.82, 2.24) is 10.2 Å². The van der Waals surface area contributed by atoms with Gasteiger partial charge in [-0.15, -0.1) is 0 Å². The van der Waals surface area contributed by atoms with Crippen molar-refractivity contribution < 1.29 is 4.74 Å². The molecular formula is C11H24N2O. The largest absolute Gasteiger partial charge is 0.380 e. The standard InChI is InChI=1S/C11H24N2O/c1-3-13(8-9-14-4-2)10-11-6-5-7-12-11/h11-12H,3-10H2,1-2H3/t11-/m1/s1. The molecular weight excluding hydrogens is 176 g/mol. The lowest BCUT2D eigenvalue weighted by Gasteiger charge is -2.23. The predicted octanol–water partition coefficient (Wildman–Crippen LogP) is 1.10. The van der Waals surface area contributed by atoms with Crippen molar-refractivity contribution in [2.24, 2.45) is 0 Å². The molecule has 1 N–H and O–H groups in total. The zero-order chi connectivity index (χ0) is 10.2. The van der Waals surface area contributed by atoms with Crippen molar-refractivity contribution >= 4 is 0 Å². The molecule has 0 spiro atoms. The maximum Gasteiger partial charge on any atom is 0.0593 e. The van der Waals surface area contributed by atoms with Crippen LogP contribution in [-0.2, 0) is 4.74 Å². The zero-order valence-corrected chi connectivity index (χ0v) is 9.59. The van der Waals surface area contributed by atoms with Gasteiger partial charge in [0, 0.05) is 25.7 Å². The van der Waals surface area contributed by atoms with Gasteiger partial charge in [-0.2, -0.15) is 0 Å². The molecule has 1 aliphatic rings. The summed E-state index contributed by atoms with van der Waals surface area (Å²) in [7, 11) is 0. The van der Waals surface area contributed by atoms with E-state index in [4.69, 9.17) is 4.74 Å². The highest BCUT2D eigenvalue weighted by Gasteiger charge is 2.16. The van der Waals surface area contributed by atoms with Gasteiger partial charge in [0.05, 0.1) is 6.61 Å². The van der Waals surface area contributed by atoms with Gasteiger partial charge in [0.25, 0.3) is 0 Å². The maximum atomic E-state index is 5.37. The topological polar surface area (TPSA) is 24.5 Å². The summed E-state index contributed by atoms with van der Waals surface area (Å²) >= 11 is 0. The lowest BCUT2D eigenvalue weighted by atomic mass is 10.2. The minimum atomic E-state index is 0.719. The van der Waals surface area contributed by atoms with Crippen LogP contribution < -0.4 is 5.32 Å². The fourth-order valence-corrected chi connectivity index (χ4v) is 1.94. The molecule has 3 nitrogen and oxygen atoms in total. The number of hydrogen-bond donors (Lipinski definition) is 1. The number of ether oxygens (including phenoxy) is 1. The molecule has 14 heavy (non-hydrogen) atoms. The molecule has 0 saturated carbocycles. The van der Waals surface area contributed by atoms with Crippen LogP contribution in [0.5, 0.6) is 0 Å². The SMILES string of the molecule is CCOCCN(CC)C[C@H]1CCCN1. The van der Waals surface area contributed by atoms with Crippen LogP contribution in [-0.4, -0.2) is 50.3 Å². The van der Waals surface area contributed by atoms with E-state index >= 15 is 0 Å². The van der Waals surface area contributed by atoms with Gasteiger partial charge < -0.3 is 10.1 Å². The first-order valence-electron chi connectivity index (χ1n) is 5.90.